The third-order valence-electron chi connectivity index (χ3n) is 4.45. The molecule has 0 aliphatic carbocycles. The van der Waals surface area contributed by atoms with E-state index in [0.717, 1.165) is 25.2 Å². The van der Waals surface area contributed by atoms with Crippen molar-refractivity contribution in [3.63, 3.8) is 0 Å². The first-order valence-electron chi connectivity index (χ1n) is 8.38. The van der Waals surface area contributed by atoms with Gasteiger partial charge in [0, 0.05) is 44.4 Å². The SMILES string of the molecule is CC(=O)NCCCn1cc(O)c(=O)cc1CN1CCCCC1C. The van der Waals surface area contributed by atoms with E-state index in [1.54, 1.807) is 0 Å². The number of amides is 1. The van der Waals surface area contributed by atoms with Gasteiger partial charge in [-0.3, -0.25) is 14.5 Å². The summed E-state index contributed by atoms with van der Waals surface area (Å²) in [6, 6.07) is 2.05. The molecule has 1 atom stereocenters. The van der Waals surface area contributed by atoms with Crippen LogP contribution in [0.1, 0.15) is 45.2 Å². The Morgan fingerprint density at radius 1 is 1.43 bits per heavy atom. The van der Waals surface area contributed by atoms with Crippen LogP contribution in [0.25, 0.3) is 0 Å². The molecule has 0 saturated carbocycles. The maximum atomic E-state index is 11.8. The van der Waals surface area contributed by atoms with Crippen LogP contribution in [0.4, 0.5) is 0 Å². The van der Waals surface area contributed by atoms with E-state index in [-0.39, 0.29) is 17.1 Å². The molecule has 0 aromatic carbocycles. The minimum Gasteiger partial charge on any atom is -0.503 e. The lowest BCUT2D eigenvalue weighted by Crippen LogP contribution is -2.37. The van der Waals surface area contributed by atoms with E-state index >= 15 is 0 Å². The molecule has 1 aliphatic heterocycles. The number of hydrogen-bond donors (Lipinski definition) is 2. The van der Waals surface area contributed by atoms with Gasteiger partial charge in [-0.25, -0.2) is 0 Å². The molecule has 2 rings (SSSR count). The van der Waals surface area contributed by atoms with Crippen LogP contribution in [0.3, 0.4) is 0 Å². The summed E-state index contributed by atoms with van der Waals surface area (Å²) in [6.07, 6.45) is 5.90. The van der Waals surface area contributed by atoms with Crippen LogP contribution in [-0.2, 0) is 17.9 Å². The molecule has 1 aromatic rings. The summed E-state index contributed by atoms with van der Waals surface area (Å²) in [5, 5.41) is 12.5. The van der Waals surface area contributed by atoms with E-state index < -0.39 is 0 Å². The highest BCUT2D eigenvalue weighted by Crippen LogP contribution is 2.19. The fourth-order valence-corrected chi connectivity index (χ4v) is 3.06. The van der Waals surface area contributed by atoms with Gasteiger partial charge in [0.15, 0.2) is 5.75 Å². The number of likely N-dealkylation sites (tertiary alicyclic amines) is 1. The second kappa shape index (κ2) is 8.15. The van der Waals surface area contributed by atoms with Gasteiger partial charge in [0.05, 0.1) is 6.20 Å². The molecule has 1 aliphatic rings. The second-order valence-corrected chi connectivity index (χ2v) is 6.36. The third kappa shape index (κ3) is 5.10. The van der Waals surface area contributed by atoms with Gasteiger partial charge in [0.1, 0.15) is 0 Å². The number of hydrogen-bond acceptors (Lipinski definition) is 4. The summed E-state index contributed by atoms with van der Waals surface area (Å²) in [5.41, 5.74) is 0.590. The smallest absolute Gasteiger partial charge is 0.223 e. The zero-order valence-electron chi connectivity index (χ0n) is 14.0. The van der Waals surface area contributed by atoms with Crippen LogP contribution in [0, 0.1) is 0 Å². The van der Waals surface area contributed by atoms with E-state index in [4.69, 9.17) is 0 Å². The van der Waals surface area contributed by atoms with Crippen molar-refractivity contribution in [1.29, 1.82) is 0 Å². The molecule has 1 saturated heterocycles. The minimum atomic E-state index is -0.331. The Balaban J connectivity index is 2.08. The lowest BCUT2D eigenvalue weighted by molar-refractivity contribution is -0.118. The van der Waals surface area contributed by atoms with Gasteiger partial charge in [-0.1, -0.05) is 6.42 Å². The molecule has 23 heavy (non-hydrogen) atoms. The van der Waals surface area contributed by atoms with Gasteiger partial charge in [0.25, 0.3) is 0 Å². The molecule has 6 nitrogen and oxygen atoms in total. The molecule has 1 aromatic heterocycles. The molecule has 6 heteroatoms. The zero-order valence-corrected chi connectivity index (χ0v) is 14.0. The van der Waals surface area contributed by atoms with E-state index in [9.17, 15) is 14.7 Å². The van der Waals surface area contributed by atoms with Crippen LogP contribution >= 0.6 is 0 Å². The van der Waals surface area contributed by atoms with Crippen molar-refractivity contribution in [3.05, 3.63) is 28.2 Å². The molecule has 1 fully saturated rings. The molecule has 128 valence electrons. The van der Waals surface area contributed by atoms with Crippen LogP contribution < -0.4 is 10.7 Å². The van der Waals surface area contributed by atoms with Crippen LogP contribution in [0.15, 0.2) is 17.1 Å². The van der Waals surface area contributed by atoms with Crippen molar-refractivity contribution in [2.45, 2.75) is 58.7 Å². The Kier molecular flexibility index (Phi) is 6.21. The third-order valence-corrected chi connectivity index (χ3v) is 4.45. The largest absolute Gasteiger partial charge is 0.503 e. The van der Waals surface area contributed by atoms with Crippen molar-refractivity contribution in [2.24, 2.45) is 0 Å². The van der Waals surface area contributed by atoms with Crippen molar-refractivity contribution < 1.29 is 9.90 Å². The van der Waals surface area contributed by atoms with Gasteiger partial charge in [-0.2, -0.15) is 0 Å². The summed E-state index contributed by atoms with van der Waals surface area (Å²) in [5.74, 6) is -0.268. The molecule has 1 amide bonds. The Morgan fingerprint density at radius 2 is 2.22 bits per heavy atom. The number of nitrogens with zero attached hydrogens (tertiary/aromatic N) is 2. The predicted octanol–water partition coefficient (Wildman–Crippen LogP) is 1.45. The number of carbonyl (C=O) groups excluding carboxylic acids is 1. The lowest BCUT2D eigenvalue weighted by Gasteiger charge is -2.34. The molecule has 1 unspecified atom stereocenters. The summed E-state index contributed by atoms with van der Waals surface area (Å²) < 4.78 is 1.93. The van der Waals surface area contributed by atoms with E-state index in [0.29, 0.717) is 19.1 Å². The van der Waals surface area contributed by atoms with Crippen LogP contribution in [0.5, 0.6) is 5.75 Å². The van der Waals surface area contributed by atoms with E-state index in [2.05, 4.69) is 17.1 Å². The van der Waals surface area contributed by atoms with Crippen molar-refractivity contribution in [3.8, 4) is 5.75 Å². The molecule has 0 radical (unpaired) electrons. The van der Waals surface area contributed by atoms with Gasteiger partial charge < -0.3 is 15.0 Å². The summed E-state index contributed by atoms with van der Waals surface area (Å²) in [6.45, 7) is 6.72. The molecular weight excluding hydrogens is 294 g/mol. The normalized spacial score (nSPS) is 18.8. The standard InChI is InChI=1S/C17H27N3O3/c1-13-6-3-4-8-19(13)11-15-10-16(22)17(23)12-20(15)9-5-7-18-14(2)21/h10,12-13,23H,3-9,11H2,1-2H3,(H,18,21). The number of aromatic hydroxyl groups is 1. The number of aryl methyl sites for hydroxylation is 1. The Hall–Kier alpha value is -1.82. The van der Waals surface area contributed by atoms with Gasteiger partial charge in [0.2, 0.25) is 11.3 Å². The first kappa shape index (κ1) is 17.5. The topological polar surface area (TPSA) is 74.6 Å². The summed E-state index contributed by atoms with van der Waals surface area (Å²) >= 11 is 0. The highest BCUT2D eigenvalue weighted by molar-refractivity contribution is 5.72. The van der Waals surface area contributed by atoms with Gasteiger partial charge in [-0.05, 0) is 32.7 Å². The lowest BCUT2D eigenvalue weighted by atomic mass is 10.0. The van der Waals surface area contributed by atoms with Crippen molar-refractivity contribution in [1.82, 2.24) is 14.8 Å². The fraction of sp³-hybridized carbons (Fsp3) is 0.647. The molecule has 0 bridgehead atoms. The Morgan fingerprint density at radius 3 is 2.91 bits per heavy atom. The van der Waals surface area contributed by atoms with Gasteiger partial charge in [-0.15, -0.1) is 0 Å². The average Bonchev–Trinajstić information content (AvgIpc) is 2.50. The first-order valence-corrected chi connectivity index (χ1v) is 8.38. The molecular formula is C17H27N3O3. The number of aromatic nitrogens is 1. The minimum absolute atomic E-state index is 0.0462. The fourth-order valence-electron chi connectivity index (χ4n) is 3.06. The number of rotatable bonds is 6. The first-order chi connectivity index (χ1) is 11.0. The van der Waals surface area contributed by atoms with E-state index in [1.807, 2.05) is 4.57 Å². The summed E-state index contributed by atoms with van der Waals surface area (Å²) in [4.78, 5) is 25.1. The molecule has 0 spiro atoms. The second-order valence-electron chi connectivity index (χ2n) is 6.36. The Bertz CT molecular complexity index is 597. The quantitative estimate of drug-likeness (QED) is 0.778. The maximum Gasteiger partial charge on any atom is 0.223 e. The molecule has 2 heterocycles. The Labute approximate surface area is 137 Å². The van der Waals surface area contributed by atoms with Crippen LogP contribution in [0.2, 0.25) is 0 Å². The highest BCUT2D eigenvalue weighted by atomic mass is 16.3. The van der Waals surface area contributed by atoms with Gasteiger partial charge >= 0.3 is 0 Å². The number of carbonyl (C=O) groups is 1. The van der Waals surface area contributed by atoms with E-state index in [1.165, 1.54) is 38.4 Å². The predicted molar refractivity (Wildman–Crippen MR) is 89.4 cm³/mol. The maximum absolute atomic E-state index is 11.8. The van der Waals surface area contributed by atoms with Crippen molar-refractivity contribution >= 4 is 5.91 Å². The summed E-state index contributed by atoms with van der Waals surface area (Å²) in [7, 11) is 0. The van der Waals surface area contributed by atoms with Crippen LogP contribution in [-0.4, -0.2) is 39.6 Å². The number of pyridine rings is 1. The van der Waals surface area contributed by atoms with Crippen molar-refractivity contribution in [2.75, 3.05) is 13.1 Å². The monoisotopic (exact) mass is 321 g/mol. The number of piperidine rings is 1. The zero-order chi connectivity index (χ0) is 16.8. The highest BCUT2D eigenvalue weighted by Gasteiger charge is 2.19. The molecule has 2 N–H and O–H groups in total. The number of nitrogens with one attached hydrogen (secondary N) is 1. The average molecular weight is 321 g/mol.